The van der Waals surface area contributed by atoms with E-state index in [-0.39, 0.29) is 11.9 Å². The van der Waals surface area contributed by atoms with Crippen LogP contribution in [-0.4, -0.2) is 18.0 Å². The first-order valence-corrected chi connectivity index (χ1v) is 8.13. The fraction of sp³-hybridized carbons (Fsp3) is 0.529. The van der Waals surface area contributed by atoms with Crippen molar-refractivity contribution in [2.45, 2.75) is 45.1 Å². The van der Waals surface area contributed by atoms with Gasteiger partial charge in [0, 0.05) is 23.8 Å². The molecule has 2 fully saturated rings. The Morgan fingerprint density at radius 1 is 1.00 bits per heavy atom. The summed E-state index contributed by atoms with van der Waals surface area (Å²) in [4.78, 5) is 23.4. The summed E-state index contributed by atoms with van der Waals surface area (Å²) < 4.78 is 0. The molecule has 0 aliphatic heterocycles. The van der Waals surface area contributed by atoms with Crippen LogP contribution in [-0.2, 0) is 4.79 Å². The minimum atomic E-state index is -0.130. The molecule has 3 rings (SSSR count). The molecule has 3 amide bonds. The minimum Gasteiger partial charge on any atom is -0.335 e. The Morgan fingerprint density at radius 3 is 1.95 bits per heavy atom. The highest BCUT2D eigenvalue weighted by atomic mass is 16.2. The molecule has 2 saturated carbocycles. The topological polar surface area (TPSA) is 70.2 Å². The van der Waals surface area contributed by atoms with Crippen molar-refractivity contribution in [2.75, 3.05) is 10.6 Å². The number of carbonyl (C=O) groups excluding carboxylic acids is 2. The first kappa shape index (κ1) is 14.9. The SMILES string of the molecule is CCC(=O)Nc1ccc(NC(=O)NC(C2CC2)C2CC2)cc1. The van der Waals surface area contributed by atoms with Gasteiger partial charge in [0.05, 0.1) is 0 Å². The number of urea groups is 1. The summed E-state index contributed by atoms with van der Waals surface area (Å²) in [6, 6.07) is 7.41. The van der Waals surface area contributed by atoms with Crippen LogP contribution in [0.15, 0.2) is 24.3 Å². The lowest BCUT2D eigenvalue weighted by Crippen LogP contribution is -2.40. The molecule has 22 heavy (non-hydrogen) atoms. The van der Waals surface area contributed by atoms with Gasteiger partial charge in [-0.1, -0.05) is 6.92 Å². The highest BCUT2D eigenvalue weighted by Gasteiger charge is 2.42. The van der Waals surface area contributed by atoms with Gasteiger partial charge in [-0.2, -0.15) is 0 Å². The second-order valence-corrected chi connectivity index (χ2v) is 6.28. The molecule has 0 radical (unpaired) electrons. The summed E-state index contributed by atoms with van der Waals surface area (Å²) in [7, 11) is 0. The molecule has 0 bridgehead atoms. The van der Waals surface area contributed by atoms with E-state index in [0.29, 0.717) is 24.3 Å². The lowest BCUT2D eigenvalue weighted by atomic mass is 10.1. The van der Waals surface area contributed by atoms with Crippen LogP contribution in [0, 0.1) is 11.8 Å². The molecular weight excluding hydrogens is 278 g/mol. The number of benzene rings is 1. The molecule has 0 aromatic heterocycles. The van der Waals surface area contributed by atoms with Crippen molar-refractivity contribution >= 4 is 23.3 Å². The average Bonchev–Trinajstić information content (AvgIpc) is 3.39. The highest BCUT2D eigenvalue weighted by Crippen LogP contribution is 2.44. The lowest BCUT2D eigenvalue weighted by Gasteiger charge is -2.18. The van der Waals surface area contributed by atoms with Crippen molar-refractivity contribution in [3.8, 4) is 0 Å². The third kappa shape index (κ3) is 4.00. The number of carbonyl (C=O) groups is 2. The molecule has 1 aromatic carbocycles. The molecule has 0 spiro atoms. The van der Waals surface area contributed by atoms with Crippen molar-refractivity contribution in [3.63, 3.8) is 0 Å². The molecule has 118 valence electrons. The molecular formula is C17H23N3O2. The molecule has 1 aromatic rings. The maximum Gasteiger partial charge on any atom is 0.319 e. The molecule has 3 N–H and O–H groups in total. The normalized spacial score (nSPS) is 17.2. The fourth-order valence-electron chi connectivity index (χ4n) is 2.74. The molecule has 5 heteroatoms. The van der Waals surface area contributed by atoms with E-state index < -0.39 is 0 Å². The average molecular weight is 301 g/mol. The maximum absolute atomic E-state index is 12.1. The first-order chi connectivity index (χ1) is 10.7. The van der Waals surface area contributed by atoms with Crippen LogP contribution in [0.5, 0.6) is 0 Å². The largest absolute Gasteiger partial charge is 0.335 e. The Hall–Kier alpha value is -2.04. The molecule has 0 unspecified atom stereocenters. The summed E-state index contributed by atoms with van der Waals surface area (Å²) in [6.07, 6.45) is 5.42. The van der Waals surface area contributed by atoms with E-state index in [1.54, 1.807) is 24.3 Å². The van der Waals surface area contributed by atoms with Crippen molar-refractivity contribution in [1.82, 2.24) is 5.32 Å². The number of hydrogen-bond acceptors (Lipinski definition) is 2. The summed E-state index contributed by atoms with van der Waals surface area (Å²) >= 11 is 0. The predicted octanol–water partition coefficient (Wildman–Crippen LogP) is 3.35. The van der Waals surface area contributed by atoms with E-state index in [4.69, 9.17) is 0 Å². The van der Waals surface area contributed by atoms with Crippen LogP contribution >= 0.6 is 0 Å². The number of rotatable bonds is 6. The second kappa shape index (κ2) is 6.38. The smallest absolute Gasteiger partial charge is 0.319 e. The van der Waals surface area contributed by atoms with Crippen LogP contribution in [0.2, 0.25) is 0 Å². The zero-order valence-corrected chi connectivity index (χ0v) is 12.9. The van der Waals surface area contributed by atoms with E-state index in [1.165, 1.54) is 25.7 Å². The lowest BCUT2D eigenvalue weighted by molar-refractivity contribution is -0.115. The van der Waals surface area contributed by atoms with Gasteiger partial charge in [0.25, 0.3) is 0 Å². The van der Waals surface area contributed by atoms with E-state index in [2.05, 4.69) is 16.0 Å². The number of anilines is 2. The van der Waals surface area contributed by atoms with E-state index in [0.717, 1.165) is 11.4 Å². The second-order valence-electron chi connectivity index (χ2n) is 6.28. The number of nitrogens with one attached hydrogen (secondary N) is 3. The summed E-state index contributed by atoms with van der Waals surface area (Å²) in [5, 5.41) is 8.78. The fourth-order valence-corrected chi connectivity index (χ4v) is 2.74. The van der Waals surface area contributed by atoms with E-state index in [1.807, 2.05) is 6.92 Å². The monoisotopic (exact) mass is 301 g/mol. The van der Waals surface area contributed by atoms with Gasteiger partial charge in [0.15, 0.2) is 0 Å². The molecule has 0 atom stereocenters. The van der Waals surface area contributed by atoms with Gasteiger partial charge in [-0.25, -0.2) is 4.79 Å². The Kier molecular flexibility index (Phi) is 4.32. The number of amides is 3. The van der Waals surface area contributed by atoms with Gasteiger partial charge in [0.1, 0.15) is 0 Å². The standard InChI is InChI=1S/C17H23N3O2/c1-2-15(21)18-13-7-9-14(10-8-13)19-17(22)20-16(11-3-4-11)12-5-6-12/h7-12,16H,2-6H2,1H3,(H,18,21)(H2,19,20,22). The minimum absolute atomic E-state index is 0.0184. The van der Waals surface area contributed by atoms with Crippen LogP contribution in [0.25, 0.3) is 0 Å². The van der Waals surface area contributed by atoms with E-state index >= 15 is 0 Å². The molecule has 5 nitrogen and oxygen atoms in total. The summed E-state index contributed by atoms with van der Waals surface area (Å²) in [5.41, 5.74) is 1.48. The highest BCUT2D eigenvalue weighted by molar-refractivity contribution is 5.92. The number of hydrogen-bond donors (Lipinski definition) is 3. The Labute approximate surface area is 130 Å². The Bertz CT molecular complexity index is 536. The molecule has 0 saturated heterocycles. The van der Waals surface area contributed by atoms with Crippen LogP contribution in [0.4, 0.5) is 16.2 Å². The Morgan fingerprint density at radius 2 is 1.50 bits per heavy atom. The third-order valence-corrected chi connectivity index (χ3v) is 4.31. The van der Waals surface area contributed by atoms with Gasteiger partial charge in [-0.3, -0.25) is 4.79 Å². The van der Waals surface area contributed by atoms with Crippen LogP contribution in [0.3, 0.4) is 0 Å². The first-order valence-electron chi connectivity index (χ1n) is 8.13. The van der Waals surface area contributed by atoms with E-state index in [9.17, 15) is 9.59 Å². The maximum atomic E-state index is 12.1. The zero-order chi connectivity index (χ0) is 15.5. The molecule has 0 heterocycles. The van der Waals surface area contributed by atoms with Crippen molar-refractivity contribution in [3.05, 3.63) is 24.3 Å². The summed E-state index contributed by atoms with van der Waals surface area (Å²) in [6.45, 7) is 1.81. The zero-order valence-electron chi connectivity index (χ0n) is 12.9. The van der Waals surface area contributed by atoms with Gasteiger partial charge in [0.2, 0.25) is 5.91 Å². The molecule has 2 aliphatic carbocycles. The quantitative estimate of drug-likeness (QED) is 0.754. The van der Waals surface area contributed by atoms with Crippen molar-refractivity contribution < 1.29 is 9.59 Å². The Balaban J connectivity index is 1.51. The van der Waals surface area contributed by atoms with Gasteiger partial charge < -0.3 is 16.0 Å². The third-order valence-electron chi connectivity index (χ3n) is 4.31. The summed E-state index contributed by atoms with van der Waals surface area (Å²) in [5.74, 6) is 1.35. The van der Waals surface area contributed by atoms with Gasteiger partial charge in [-0.05, 0) is 61.8 Å². The van der Waals surface area contributed by atoms with Crippen molar-refractivity contribution in [2.24, 2.45) is 11.8 Å². The van der Waals surface area contributed by atoms with Crippen LogP contribution in [0.1, 0.15) is 39.0 Å². The molecule has 2 aliphatic rings. The van der Waals surface area contributed by atoms with Crippen molar-refractivity contribution in [1.29, 1.82) is 0 Å². The van der Waals surface area contributed by atoms with Gasteiger partial charge in [-0.15, -0.1) is 0 Å². The van der Waals surface area contributed by atoms with Gasteiger partial charge >= 0.3 is 6.03 Å². The van der Waals surface area contributed by atoms with Crippen LogP contribution < -0.4 is 16.0 Å². The predicted molar refractivity (Wildman–Crippen MR) is 86.8 cm³/mol.